The highest BCUT2D eigenvalue weighted by atomic mass is 31.2. The fourth-order valence-electron chi connectivity index (χ4n) is 1.90. The number of rotatable bonds is 6. The van der Waals surface area contributed by atoms with E-state index in [1.807, 2.05) is 31.2 Å². The lowest BCUT2D eigenvalue weighted by Gasteiger charge is -2.21. The molecule has 1 atom stereocenters. The maximum Gasteiger partial charge on any atom is 0.587 e. The average molecular weight is 308 g/mol. The highest BCUT2D eigenvalue weighted by Crippen LogP contribution is 2.52. The van der Waals surface area contributed by atoms with Crippen LogP contribution in [0.2, 0.25) is 0 Å². The molecule has 1 aliphatic carbocycles. The molecule has 2 rings (SSSR count). The van der Waals surface area contributed by atoms with Gasteiger partial charge in [-0.1, -0.05) is 29.3 Å². The average Bonchev–Trinajstić information content (AvgIpc) is 2.44. The van der Waals surface area contributed by atoms with Gasteiger partial charge in [0.1, 0.15) is 11.5 Å². The molecule has 114 valence electrons. The van der Waals surface area contributed by atoms with E-state index in [2.05, 4.69) is 6.92 Å². The minimum Gasteiger partial charge on any atom is -0.400 e. The molecule has 5 heteroatoms. The second-order valence-electron chi connectivity index (χ2n) is 5.01. The van der Waals surface area contributed by atoms with Crippen LogP contribution in [0.15, 0.2) is 47.7 Å². The topological polar surface area (TPSA) is 44.8 Å². The zero-order valence-electron chi connectivity index (χ0n) is 12.7. The third-order valence-electron chi connectivity index (χ3n) is 3.07. The van der Waals surface area contributed by atoms with Crippen molar-refractivity contribution >= 4 is 7.82 Å². The second-order valence-corrected chi connectivity index (χ2v) is 6.52. The summed E-state index contributed by atoms with van der Waals surface area (Å²) in [5, 5.41) is 0. The molecule has 0 saturated heterocycles. The van der Waals surface area contributed by atoms with Crippen molar-refractivity contribution in [1.82, 2.24) is 0 Å². The summed E-state index contributed by atoms with van der Waals surface area (Å²) in [5.41, 5.74) is 2.37. The summed E-state index contributed by atoms with van der Waals surface area (Å²) in [5.74, 6) is 1.10. The predicted octanol–water partition coefficient (Wildman–Crippen LogP) is 5.16. The third kappa shape index (κ3) is 4.76. The van der Waals surface area contributed by atoms with E-state index in [-0.39, 0.29) is 6.61 Å². The van der Waals surface area contributed by atoms with Crippen molar-refractivity contribution in [2.75, 3.05) is 6.61 Å². The lowest BCUT2D eigenvalue weighted by Crippen LogP contribution is -2.04. The summed E-state index contributed by atoms with van der Waals surface area (Å²) in [7, 11) is -3.64. The highest BCUT2D eigenvalue weighted by Gasteiger charge is 2.31. The third-order valence-corrected chi connectivity index (χ3v) is 4.54. The van der Waals surface area contributed by atoms with E-state index in [0.29, 0.717) is 17.9 Å². The molecule has 0 saturated carbocycles. The standard InChI is InChI=1S/C16H21O4P/c1-4-18-21(17,19-15-9-5-13(2)6-10-15)20-16-11-7-14(3)8-12-16/h5-7,9-11H,4,8,12H2,1-3H3. The smallest absolute Gasteiger partial charge is 0.400 e. The zero-order chi connectivity index (χ0) is 15.3. The Morgan fingerprint density at radius 3 is 2.33 bits per heavy atom. The minimum absolute atomic E-state index is 0.255. The number of phosphoric ester groups is 1. The van der Waals surface area contributed by atoms with Crippen molar-refractivity contribution in [3.63, 3.8) is 0 Å². The second kappa shape index (κ2) is 6.97. The van der Waals surface area contributed by atoms with Crippen LogP contribution in [0.3, 0.4) is 0 Å². The van der Waals surface area contributed by atoms with E-state index < -0.39 is 7.82 Å². The van der Waals surface area contributed by atoms with E-state index in [9.17, 15) is 4.57 Å². The first-order chi connectivity index (χ1) is 10.0. The first-order valence-corrected chi connectivity index (χ1v) is 8.53. The summed E-state index contributed by atoms with van der Waals surface area (Å²) in [4.78, 5) is 0. The summed E-state index contributed by atoms with van der Waals surface area (Å²) in [6, 6.07) is 7.28. The molecule has 1 unspecified atom stereocenters. The van der Waals surface area contributed by atoms with Gasteiger partial charge in [0.2, 0.25) is 0 Å². The Morgan fingerprint density at radius 2 is 1.76 bits per heavy atom. The van der Waals surface area contributed by atoms with Gasteiger partial charge in [0, 0.05) is 6.42 Å². The summed E-state index contributed by atoms with van der Waals surface area (Å²) < 4.78 is 28.9. The number of benzene rings is 1. The van der Waals surface area contributed by atoms with Crippen LogP contribution < -0.4 is 4.52 Å². The van der Waals surface area contributed by atoms with E-state index in [1.165, 1.54) is 5.57 Å². The molecule has 1 aliphatic rings. The van der Waals surface area contributed by atoms with Crippen molar-refractivity contribution in [3.8, 4) is 5.75 Å². The Hall–Kier alpha value is -1.51. The molecule has 0 bridgehead atoms. The van der Waals surface area contributed by atoms with Crippen LogP contribution in [-0.4, -0.2) is 6.61 Å². The predicted molar refractivity (Wildman–Crippen MR) is 83.2 cm³/mol. The molecule has 0 spiro atoms. The van der Waals surface area contributed by atoms with Crippen molar-refractivity contribution in [1.29, 1.82) is 0 Å². The minimum atomic E-state index is -3.64. The molecule has 1 aromatic carbocycles. The van der Waals surface area contributed by atoms with Gasteiger partial charge >= 0.3 is 7.82 Å². The Morgan fingerprint density at radius 1 is 1.05 bits per heavy atom. The lowest BCUT2D eigenvalue weighted by atomic mass is 10.1. The Bertz CT molecular complexity index is 587. The largest absolute Gasteiger partial charge is 0.587 e. The van der Waals surface area contributed by atoms with E-state index in [0.717, 1.165) is 12.0 Å². The van der Waals surface area contributed by atoms with Crippen LogP contribution in [0.1, 0.15) is 32.3 Å². The van der Waals surface area contributed by atoms with Gasteiger partial charge in [-0.25, -0.2) is 4.57 Å². The fraction of sp³-hybridized carbons (Fsp3) is 0.375. The maximum atomic E-state index is 12.7. The Kier molecular flexibility index (Phi) is 5.27. The maximum absolute atomic E-state index is 12.7. The monoisotopic (exact) mass is 308 g/mol. The molecule has 1 aromatic rings. The molecule has 0 heterocycles. The van der Waals surface area contributed by atoms with Crippen molar-refractivity contribution in [2.45, 2.75) is 33.6 Å². The van der Waals surface area contributed by atoms with Crippen LogP contribution in [-0.2, 0) is 13.6 Å². The van der Waals surface area contributed by atoms with Crippen molar-refractivity contribution in [2.24, 2.45) is 0 Å². The number of hydrogen-bond acceptors (Lipinski definition) is 4. The molecule has 4 nitrogen and oxygen atoms in total. The molecule has 21 heavy (non-hydrogen) atoms. The van der Waals surface area contributed by atoms with Gasteiger partial charge in [-0.3, -0.25) is 4.52 Å². The van der Waals surface area contributed by atoms with Gasteiger partial charge in [-0.2, -0.15) is 0 Å². The van der Waals surface area contributed by atoms with E-state index in [1.54, 1.807) is 19.1 Å². The van der Waals surface area contributed by atoms with Crippen molar-refractivity contribution < 1.29 is 18.1 Å². The van der Waals surface area contributed by atoms with Crippen LogP contribution in [0.25, 0.3) is 0 Å². The number of phosphoric acid groups is 1. The van der Waals surface area contributed by atoms with Gasteiger partial charge in [0.15, 0.2) is 0 Å². The fourth-order valence-corrected chi connectivity index (χ4v) is 3.18. The summed E-state index contributed by atoms with van der Waals surface area (Å²) in [6.45, 7) is 6.04. The number of aryl methyl sites for hydroxylation is 1. The molecule has 0 amide bonds. The molecule has 0 radical (unpaired) electrons. The van der Waals surface area contributed by atoms with E-state index in [4.69, 9.17) is 13.6 Å². The SMILES string of the molecule is CCOP(=O)(OC1=CC=C(C)CC1)Oc1ccc(C)cc1. The van der Waals surface area contributed by atoms with Gasteiger partial charge < -0.3 is 9.05 Å². The van der Waals surface area contributed by atoms with E-state index >= 15 is 0 Å². The highest BCUT2D eigenvalue weighted by molar-refractivity contribution is 7.49. The molecule has 0 fully saturated rings. The number of hydrogen-bond donors (Lipinski definition) is 0. The summed E-state index contributed by atoms with van der Waals surface area (Å²) in [6.07, 6.45) is 5.38. The summed E-state index contributed by atoms with van der Waals surface area (Å²) >= 11 is 0. The lowest BCUT2D eigenvalue weighted by molar-refractivity contribution is 0.188. The van der Waals surface area contributed by atoms with Crippen molar-refractivity contribution in [3.05, 3.63) is 53.3 Å². The van der Waals surface area contributed by atoms with Gasteiger partial charge in [-0.05, 0) is 45.4 Å². The van der Waals surface area contributed by atoms with Crippen LogP contribution in [0.5, 0.6) is 5.75 Å². The Labute approximate surface area is 126 Å². The quantitative estimate of drug-likeness (QED) is 0.681. The molecular formula is C16H21O4P. The molecular weight excluding hydrogens is 287 g/mol. The zero-order valence-corrected chi connectivity index (χ0v) is 13.6. The molecule has 0 aromatic heterocycles. The molecule has 0 N–H and O–H groups in total. The Balaban J connectivity index is 2.12. The van der Waals surface area contributed by atoms with Gasteiger partial charge in [0.05, 0.1) is 6.61 Å². The molecule has 0 aliphatic heterocycles. The first kappa shape index (κ1) is 15.9. The van der Waals surface area contributed by atoms with Crippen LogP contribution in [0, 0.1) is 6.92 Å². The number of allylic oxidation sites excluding steroid dienone is 4. The van der Waals surface area contributed by atoms with Crippen LogP contribution >= 0.6 is 7.82 Å². The van der Waals surface area contributed by atoms with Gasteiger partial charge in [0.25, 0.3) is 0 Å². The van der Waals surface area contributed by atoms with Gasteiger partial charge in [-0.15, -0.1) is 0 Å². The van der Waals surface area contributed by atoms with Crippen LogP contribution in [0.4, 0.5) is 0 Å². The normalized spacial score (nSPS) is 17.5. The first-order valence-electron chi connectivity index (χ1n) is 7.07.